The highest BCUT2D eigenvalue weighted by Crippen LogP contribution is 2.15. The van der Waals surface area contributed by atoms with Crippen molar-refractivity contribution in [1.82, 2.24) is 20.2 Å². The molecule has 3 atom stereocenters. The lowest BCUT2D eigenvalue weighted by molar-refractivity contribution is -0.135. The lowest BCUT2D eigenvalue weighted by Crippen LogP contribution is -2.55. The highest BCUT2D eigenvalue weighted by molar-refractivity contribution is 7.91. The first kappa shape index (κ1) is 34.7. The predicted molar refractivity (Wildman–Crippen MR) is 162 cm³/mol. The monoisotopic (exact) mass is 631 g/mol. The van der Waals surface area contributed by atoms with E-state index in [1.807, 2.05) is 32.0 Å². The molecule has 0 saturated heterocycles. The zero-order valence-electron chi connectivity index (χ0n) is 24.8. The van der Waals surface area contributed by atoms with Crippen molar-refractivity contribution in [2.24, 2.45) is 5.73 Å². The van der Waals surface area contributed by atoms with Crippen LogP contribution in [0, 0.1) is 11.6 Å². The minimum atomic E-state index is -3.78. The van der Waals surface area contributed by atoms with Crippen molar-refractivity contribution >= 4 is 21.7 Å². The van der Waals surface area contributed by atoms with Crippen LogP contribution in [0.15, 0.2) is 61.1 Å². The van der Waals surface area contributed by atoms with Gasteiger partial charge in [0.25, 0.3) is 5.91 Å². The molecule has 0 unspecified atom stereocenters. The van der Waals surface area contributed by atoms with Crippen LogP contribution >= 0.6 is 0 Å². The van der Waals surface area contributed by atoms with Gasteiger partial charge in [0.05, 0.1) is 23.8 Å². The second kappa shape index (κ2) is 16.3. The standard InChI is InChI=1S/C31H39F2N5O5S/c1-3-5-11-44(42,43)20-28(37-30(40)27-17-35-9-10-36-27)31(41)38(18-22-8-6-7-21(4-2)12-22)19-29(39)26(34)15-23-13-24(32)16-25(33)14-23/h6-10,12-14,16-17,26,28-29,39H,3-5,11,15,18-20,34H2,1-2H3,(H,37,40)/t26-,28+,29+/m0/s1. The van der Waals surface area contributed by atoms with Gasteiger partial charge in [0.2, 0.25) is 5.91 Å². The van der Waals surface area contributed by atoms with Crippen molar-refractivity contribution in [3.63, 3.8) is 0 Å². The molecule has 0 aliphatic heterocycles. The van der Waals surface area contributed by atoms with Crippen molar-refractivity contribution in [1.29, 1.82) is 0 Å². The summed E-state index contributed by atoms with van der Waals surface area (Å²) < 4.78 is 53.5. The summed E-state index contributed by atoms with van der Waals surface area (Å²) in [6.45, 7) is 3.43. The maximum atomic E-state index is 14.1. The first-order valence-electron chi connectivity index (χ1n) is 14.4. The van der Waals surface area contributed by atoms with Crippen molar-refractivity contribution in [3.8, 4) is 0 Å². The Hall–Kier alpha value is -3.81. The average molecular weight is 632 g/mol. The number of aliphatic hydroxyl groups is 1. The lowest BCUT2D eigenvalue weighted by Gasteiger charge is -2.31. The van der Waals surface area contributed by atoms with E-state index in [2.05, 4.69) is 15.3 Å². The number of benzene rings is 2. The molecule has 3 rings (SSSR count). The van der Waals surface area contributed by atoms with Crippen molar-refractivity contribution < 1.29 is 31.9 Å². The van der Waals surface area contributed by atoms with Crippen LogP contribution in [0.1, 0.15) is 53.9 Å². The number of rotatable bonds is 16. The third-order valence-electron chi connectivity index (χ3n) is 7.01. The fourth-order valence-corrected chi connectivity index (χ4v) is 6.27. The van der Waals surface area contributed by atoms with Gasteiger partial charge in [-0.25, -0.2) is 22.2 Å². The van der Waals surface area contributed by atoms with E-state index in [9.17, 15) is 31.9 Å². The lowest BCUT2D eigenvalue weighted by atomic mass is 10.0. The molecular weight excluding hydrogens is 592 g/mol. The van der Waals surface area contributed by atoms with E-state index in [1.54, 1.807) is 6.07 Å². The van der Waals surface area contributed by atoms with Crippen LogP contribution in [0.2, 0.25) is 0 Å². The number of sulfone groups is 1. The quantitative estimate of drug-likeness (QED) is 0.218. The Labute approximate surface area is 256 Å². The fraction of sp³-hybridized carbons (Fsp3) is 0.419. The third-order valence-corrected chi connectivity index (χ3v) is 8.76. The number of nitrogens with one attached hydrogen (secondary N) is 1. The van der Waals surface area contributed by atoms with Crippen molar-refractivity contribution in [3.05, 3.63) is 95.1 Å². The van der Waals surface area contributed by atoms with Crippen LogP contribution < -0.4 is 11.1 Å². The second-order valence-corrected chi connectivity index (χ2v) is 12.9. The van der Waals surface area contributed by atoms with Crippen LogP contribution in [0.5, 0.6) is 0 Å². The summed E-state index contributed by atoms with van der Waals surface area (Å²) in [5, 5.41) is 13.6. The van der Waals surface area contributed by atoms with E-state index in [1.165, 1.54) is 23.5 Å². The van der Waals surface area contributed by atoms with E-state index in [0.717, 1.165) is 30.2 Å². The number of aryl methyl sites for hydroxylation is 1. The Morgan fingerprint density at radius 2 is 1.75 bits per heavy atom. The molecule has 0 bridgehead atoms. The number of amides is 2. The van der Waals surface area contributed by atoms with Gasteiger partial charge < -0.3 is 21.1 Å². The number of hydrogen-bond donors (Lipinski definition) is 3. The Morgan fingerprint density at radius 1 is 1.05 bits per heavy atom. The molecule has 3 aromatic rings. The second-order valence-electron chi connectivity index (χ2n) is 10.7. The topological polar surface area (TPSA) is 156 Å². The highest BCUT2D eigenvalue weighted by Gasteiger charge is 2.33. The molecule has 0 radical (unpaired) electrons. The van der Waals surface area contributed by atoms with Gasteiger partial charge in [-0.2, -0.15) is 0 Å². The Kier molecular flexibility index (Phi) is 12.9. The summed E-state index contributed by atoms with van der Waals surface area (Å²) >= 11 is 0. The molecular formula is C31H39F2N5O5S. The van der Waals surface area contributed by atoms with Crippen LogP contribution in [-0.2, 0) is 34.0 Å². The number of aromatic nitrogens is 2. The first-order chi connectivity index (χ1) is 20.9. The van der Waals surface area contributed by atoms with E-state index in [-0.39, 0.29) is 36.5 Å². The molecule has 0 saturated carbocycles. The number of unbranched alkanes of at least 4 members (excludes halogenated alkanes) is 1. The van der Waals surface area contributed by atoms with Gasteiger partial charge >= 0.3 is 0 Å². The number of carbonyl (C=O) groups excluding carboxylic acids is 2. The van der Waals surface area contributed by atoms with Crippen LogP contribution in [-0.4, -0.2) is 76.4 Å². The Bertz CT molecular complexity index is 1490. The largest absolute Gasteiger partial charge is 0.390 e. The molecule has 2 amide bonds. The summed E-state index contributed by atoms with van der Waals surface area (Å²) in [5.41, 5.74) is 8.03. The van der Waals surface area contributed by atoms with Gasteiger partial charge in [-0.15, -0.1) is 0 Å². The van der Waals surface area contributed by atoms with Crippen molar-refractivity contribution in [2.75, 3.05) is 18.1 Å². The number of carbonyl (C=O) groups is 2. The molecule has 1 heterocycles. The van der Waals surface area contributed by atoms with Gasteiger partial charge in [-0.1, -0.05) is 44.5 Å². The summed E-state index contributed by atoms with van der Waals surface area (Å²) in [6.07, 6.45) is 4.10. The number of aliphatic hydroxyl groups excluding tert-OH is 1. The fourth-order valence-electron chi connectivity index (χ4n) is 4.64. The summed E-state index contributed by atoms with van der Waals surface area (Å²) in [5.74, 6) is -3.98. The van der Waals surface area contributed by atoms with Crippen LogP contribution in [0.4, 0.5) is 8.78 Å². The van der Waals surface area contributed by atoms with Gasteiger partial charge in [0.15, 0.2) is 9.84 Å². The zero-order chi connectivity index (χ0) is 32.3. The summed E-state index contributed by atoms with van der Waals surface area (Å²) in [7, 11) is -3.78. The number of nitrogens with two attached hydrogens (primary N) is 1. The third kappa shape index (κ3) is 10.7. The van der Waals surface area contributed by atoms with Gasteiger partial charge in [-0.05, 0) is 48.1 Å². The number of nitrogens with zero attached hydrogens (tertiary/aromatic N) is 3. The molecule has 4 N–H and O–H groups in total. The van der Waals surface area contributed by atoms with Gasteiger partial charge in [-0.3, -0.25) is 14.6 Å². The minimum Gasteiger partial charge on any atom is -0.390 e. The van der Waals surface area contributed by atoms with E-state index >= 15 is 0 Å². The maximum absolute atomic E-state index is 14.1. The molecule has 10 nitrogen and oxygen atoms in total. The molecule has 0 spiro atoms. The van der Waals surface area contributed by atoms with Gasteiger partial charge in [0.1, 0.15) is 23.4 Å². The summed E-state index contributed by atoms with van der Waals surface area (Å²) in [4.78, 5) is 36.1. The minimum absolute atomic E-state index is 0.0302. The normalized spacial score (nSPS) is 13.6. The predicted octanol–water partition coefficient (Wildman–Crippen LogP) is 2.59. The van der Waals surface area contributed by atoms with Crippen LogP contribution in [0.3, 0.4) is 0 Å². The highest BCUT2D eigenvalue weighted by atomic mass is 32.2. The Morgan fingerprint density at radius 3 is 2.39 bits per heavy atom. The van der Waals surface area contributed by atoms with Gasteiger partial charge in [0, 0.05) is 37.6 Å². The van der Waals surface area contributed by atoms with E-state index in [0.29, 0.717) is 18.4 Å². The van der Waals surface area contributed by atoms with Crippen LogP contribution in [0.25, 0.3) is 0 Å². The van der Waals surface area contributed by atoms with Crippen molar-refractivity contribution in [2.45, 2.75) is 64.3 Å². The zero-order valence-corrected chi connectivity index (χ0v) is 25.6. The molecule has 13 heteroatoms. The molecule has 44 heavy (non-hydrogen) atoms. The molecule has 238 valence electrons. The van der Waals surface area contributed by atoms with E-state index < -0.39 is 57.2 Å². The maximum Gasteiger partial charge on any atom is 0.272 e. The Balaban J connectivity index is 1.93. The number of halogens is 2. The first-order valence-corrected chi connectivity index (χ1v) is 16.2. The SMILES string of the molecule is CCCCS(=O)(=O)C[C@@H](NC(=O)c1cnccn1)C(=O)N(Cc1cccc(CC)c1)C[C@@H](O)[C@@H](N)Cc1cc(F)cc(F)c1. The smallest absolute Gasteiger partial charge is 0.272 e. The molecule has 2 aromatic carbocycles. The molecule has 0 aliphatic carbocycles. The number of hydrogen-bond acceptors (Lipinski definition) is 8. The van der Waals surface area contributed by atoms with E-state index in [4.69, 9.17) is 5.73 Å². The average Bonchev–Trinajstić information content (AvgIpc) is 2.98. The molecule has 1 aromatic heterocycles. The summed E-state index contributed by atoms with van der Waals surface area (Å²) in [6, 6.07) is 7.79. The molecule has 0 fully saturated rings. The molecule has 0 aliphatic rings.